The van der Waals surface area contributed by atoms with Crippen molar-refractivity contribution >= 4 is 15.7 Å². The van der Waals surface area contributed by atoms with Gasteiger partial charge >= 0.3 is 0 Å². The fourth-order valence-electron chi connectivity index (χ4n) is 2.25. The minimum absolute atomic E-state index is 0.155. The third-order valence-corrected chi connectivity index (χ3v) is 5.13. The molecular formula is C16H15NO3S. The van der Waals surface area contributed by atoms with Crippen molar-refractivity contribution in [3.05, 3.63) is 66.4 Å². The molecule has 3 rings (SSSR count). The summed E-state index contributed by atoms with van der Waals surface area (Å²) in [6.07, 6.45) is 0. The summed E-state index contributed by atoms with van der Waals surface area (Å²) in [6, 6.07) is 13.8. The Balaban J connectivity index is 2.14. The quantitative estimate of drug-likeness (QED) is 0.856. The van der Waals surface area contributed by atoms with Gasteiger partial charge < -0.3 is 4.74 Å². The van der Waals surface area contributed by atoms with Gasteiger partial charge in [-0.05, 0) is 31.2 Å². The number of ether oxygens (including phenoxy) is 1. The Morgan fingerprint density at radius 3 is 2.48 bits per heavy atom. The molecule has 1 aliphatic heterocycles. The lowest BCUT2D eigenvalue weighted by Gasteiger charge is -2.31. The first-order chi connectivity index (χ1) is 10.00. The molecule has 5 heteroatoms. The number of sulfonamides is 1. The lowest BCUT2D eigenvalue weighted by atomic mass is 10.2. The second kappa shape index (κ2) is 4.93. The molecule has 0 N–H and O–H groups in total. The minimum atomic E-state index is -3.69. The summed E-state index contributed by atoms with van der Waals surface area (Å²) in [5.74, 6) is 0.542. The standard InChI is InChI=1S/C16H15NO3S/c1-12-7-9-14(10-8-12)21(18,19)17-13(2)11-20-16-6-4-3-5-15(16)17/h3-10H,2,11H2,1H3. The molecule has 21 heavy (non-hydrogen) atoms. The Labute approximate surface area is 124 Å². The molecule has 0 fully saturated rings. The average Bonchev–Trinajstić information content (AvgIpc) is 2.47. The molecule has 1 heterocycles. The largest absolute Gasteiger partial charge is 0.485 e. The molecule has 0 amide bonds. The lowest BCUT2D eigenvalue weighted by Crippen LogP contribution is -2.35. The van der Waals surface area contributed by atoms with Crippen molar-refractivity contribution in [2.75, 3.05) is 10.9 Å². The summed E-state index contributed by atoms with van der Waals surface area (Å²) < 4.78 is 32.5. The average molecular weight is 301 g/mol. The van der Waals surface area contributed by atoms with Crippen molar-refractivity contribution in [1.29, 1.82) is 0 Å². The second-order valence-corrected chi connectivity index (χ2v) is 6.69. The summed E-state index contributed by atoms with van der Waals surface area (Å²) >= 11 is 0. The van der Waals surface area contributed by atoms with Crippen molar-refractivity contribution in [3.63, 3.8) is 0 Å². The molecule has 108 valence electrons. The molecule has 2 aromatic rings. The van der Waals surface area contributed by atoms with Crippen LogP contribution in [0.2, 0.25) is 0 Å². The van der Waals surface area contributed by atoms with E-state index < -0.39 is 10.0 Å². The predicted octanol–water partition coefficient (Wildman–Crippen LogP) is 3.10. The molecule has 1 aliphatic rings. The van der Waals surface area contributed by atoms with Gasteiger partial charge in [0.25, 0.3) is 10.0 Å². The summed E-state index contributed by atoms with van der Waals surface area (Å²) in [5, 5.41) is 0. The predicted molar refractivity (Wildman–Crippen MR) is 81.9 cm³/mol. The molecule has 0 aliphatic carbocycles. The van der Waals surface area contributed by atoms with Crippen molar-refractivity contribution in [2.24, 2.45) is 0 Å². The first-order valence-electron chi connectivity index (χ1n) is 6.52. The number of hydrogen-bond acceptors (Lipinski definition) is 3. The molecule has 0 spiro atoms. The van der Waals surface area contributed by atoms with Gasteiger partial charge in [0.15, 0.2) is 0 Å². The number of fused-ring (bicyclic) bond motifs is 1. The SMILES string of the molecule is C=C1COc2ccccc2N1S(=O)(=O)c1ccc(C)cc1. The maximum Gasteiger partial charge on any atom is 0.268 e. The number of benzene rings is 2. The molecule has 4 nitrogen and oxygen atoms in total. The van der Waals surface area contributed by atoms with E-state index in [2.05, 4.69) is 6.58 Å². The molecule has 0 bridgehead atoms. The van der Waals surface area contributed by atoms with Gasteiger partial charge in [0.2, 0.25) is 0 Å². The molecule has 0 unspecified atom stereocenters. The zero-order valence-corrected chi connectivity index (χ0v) is 12.4. The Kier molecular flexibility index (Phi) is 3.22. The van der Waals surface area contributed by atoms with E-state index in [9.17, 15) is 8.42 Å². The van der Waals surface area contributed by atoms with Crippen LogP contribution in [-0.2, 0) is 10.0 Å². The van der Waals surface area contributed by atoms with Gasteiger partial charge in [-0.2, -0.15) is 0 Å². The number of para-hydroxylation sites is 2. The van der Waals surface area contributed by atoms with E-state index in [1.165, 1.54) is 4.31 Å². The van der Waals surface area contributed by atoms with Gasteiger partial charge in [-0.15, -0.1) is 0 Å². The third-order valence-electron chi connectivity index (χ3n) is 3.32. The molecule has 0 aromatic heterocycles. The van der Waals surface area contributed by atoms with Crippen LogP contribution < -0.4 is 9.04 Å². The summed E-state index contributed by atoms with van der Waals surface area (Å²) in [7, 11) is -3.69. The number of anilines is 1. The van der Waals surface area contributed by atoms with Crippen LogP contribution in [0.15, 0.2) is 65.7 Å². The number of rotatable bonds is 2. The third kappa shape index (κ3) is 2.29. The maximum atomic E-state index is 12.9. The second-order valence-electron chi connectivity index (χ2n) is 4.91. The fraction of sp³-hybridized carbons (Fsp3) is 0.125. The summed E-state index contributed by atoms with van der Waals surface area (Å²) in [4.78, 5) is 0.242. The highest BCUT2D eigenvalue weighted by Crippen LogP contribution is 2.38. The van der Waals surface area contributed by atoms with Crippen molar-refractivity contribution in [2.45, 2.75) is 11.8 Å². The van der Waals surface area contributed by atoms with Crippen molar-refractivity contribution < 1.29 is 13.2 Å². The number of nitrogens with zero attached hydrogens (tertiary/aromatic N) is 1. The monoisotopic (exact) mass is 301 g/mol. The van der Waals surface area contributed by atoms with Crippen LogP contribution in [0.4, 0.5) is 5.69 Å². The molecule has 0 radical (unpaired) electrons. The van der Waals surface area contributed by atoms with Crippen molar-refractivity contribution in [1.82, 2.24) is 0 Å². The zero-order valence-electron chi connectivity index (χ0n) is 11.6. The number of hydrogen-bond donors (Lipinski definition) is 0. The highest BCUT2D eigenvalue weighted by molar-refractivity contribution is 7.93. The molecule has 0 saturated heterocycles. The normalized spacial score (nSPS) is 14.5. The zero-order chi connectivity index (χ0) is 15.0. The first kappa shape index (κ1) is 13.7. The maximum absolute atomic E-state index is 12.9. The van der Waals surface area contributed by atoms with Crippen molar-refractivity contribution in [3.8, 4) is 5.75 Å². The van der Waals surface area contributed by atoms with Gasteiger partial charge in [-0.25, -0.2) is 12.7 Å². The number of aryl methyl sites for hydroxylation is 1. The van der Waals surface area contributed by atoms with Crippen LogP contribution in [0.1, 0.15) is 5.56 Å². The van der Waals surface area contributed by atoms with Gasteiger partial charge in [0, 0.05) is 0 Å². The minimum Gasteiger partial charge on any atom is -0.485 e. The molecule has 0 saturated carbocycles. The molecular weight excluding hydrogens is 286 g/mol. The Morgan fingerprint density at radius 1 is 1.10 bits per heavy atom. The van der Waals surface area contributed by atoms with E-state index in [4.69, 9.17) is 4.74 Å². The topological polar surface area (TPSA) is 46.6 Å². The van der Waals surface area contributed by atoms with Crippen LogP contribution in [-0.4, -0.2) is 15.0 Å². The Bertz CT molecular complexity index is 795. The smallest absolute Gasteiger partial charge is 0.268 e. The van der Waals surface area contributed by atoms with Gasteiger partial charge in [-0.1, -0.05) is 36.4 Å². The van der Waals surface area contributed by atoms with Gasteiger partial charge in [0.1, 0.15) is 12.4 Å². The molecule has 0 atom stereocenters. The highest BCUT2D eigenvalue weighted by Gasteiger charge is 2.32. The van der Waals surface area contributed by atoms with Gasteiger partial charge in [-0.3, -0.25) is 0 Å². The Morgan fingerprint density at radius 2 is 1.76 bits per heavy atom. The summed E-state index contributed by atoms with van der Waals surface area (Å²) in [6.45, 7) is 5.90. The summed E-state index contributed by atoms with van der Waals surface area (Å²) in [5.41, 5.74) is 1.90. The van der Waals surface area contributed by atoms with E-state index in [1.807, 2.05) is 13.0 Å². The van der Waals surface area contributed by atoms with E-state index >= 15 is 0 Å². The Hall–Kier alpha value is -2.27. The van der Waals surface area contributed by atoms with E-state index in [0.717, 1.165) is 5.56 Å². The van der Waals surface area contributed by atoms with E-state index in [1.54, 1.807) is 42.5 Å². The van der Waals surface area contributed by atoms with Crippen LogP contribution in [0.5, 0.6) is 5.75 Å². The van der Waals surface area contributed by atoms with E-state index in [0.29, 0.717) is 17.1 Å². The highest BCUT2D eigenvalue weighted by atomic mass is 32.2. The lowest BCUT2D eigenvalue weighted by molar-refractivity contribution is 0.341. The van der Waals surface area contributed by atoms with Crippen LogP contribution in [0.25, 0.3) is 0 Å². The van der Waals surface area contributed by atoms with E-state index in [-0.39, 0.29) is 11.5 Å². The fourth-order valence-corrected chi connectivity index (χ4v) is 3.75. The van der Waals surface area contributed by atoms with Crippen LogP contribution >= 0.6 is 0 Å². The van der Waals surface area contributed by atoms with Crippen LogP contribution in [0, 0.1) is 6.92 Å². The first-order valence-corrected chi connectivity index (χ1v) is 7.96. The van der Waals surface area contributed by atoms with Crippen LogP contribution in [0.3, 0.4) is 0 Å². The van der Waals surface area contributed by atoms with Gasteiger partial charge in [0.05, 0.1) is 16.3 Å². The molecule has 2 aromatic carbocycles.